The van der Waals surface area contributed by atoms with E-state index in [1.165, 1.54) is 20.1 Å². The van der Waals surface area contributed by atoms with Crippen molar-refractivity contribution < 1.29 is 23.8 Å². The Balaban J connectivity index is 1.39. The van der Waals surface area contributed by atoms with Crippen molar-refractivity contribution in [3.63, 3.8) is 0 Å². The number of ether oxygens (including phenoxy) is 3. The predicted octanol–water partition coefficient (Wildman–Crippen LogP) is 3.46. The fraction of sp³-hybridized carbons (Fsp3) is 0.364. The van der Waals surface area contributed by atoms with Gasteiger partial charge in [0.05, 0.1) is 33.1 Å². The number of pyridine rings is 1. The molecule has 2 heterocycles. The summed E-state index contributed by atoms with van der Waals surface area (Å²) in [6.07, 6.45) is 4.38. The second kappa shape index (κ2) is 13.7. The number of hydrogen-bond acceptors (Lipinski definition) is 9. The first-order valence-corrected chi connectivity index (χ1v) is 14.9. The van der Waals surface area contributed by atoms with Gasteiger partial charge in [-0.2, -0.15) is 0 Å². The molecule has 12 heteroatoms. The number of methoxy groups -OCH3 is 3. The molecule has 4 aromatic rings. The van der Waals surface area contributed by atoms with Gasteiger partial charge in [0.25, 0.3) is 0 Å². The van der Waals surface area contributed by atoms with Gasteiger partial charge in [0.2, 0.25) is 23.0 Å². The number of aryl methyl sites for hydroxylation is 2. The van der Waals surface area contributed by atoms with Crippen LogP contribution < -0.4 is 35.6 Å². The van der Waals surface area contributed by atoms with Gasteiger partial charge in [-0.25, -0.2) is 0 Å². The lowest BCUT2D eigenvalue weighted by atomic mass is 9.95. The van der Waals surface area contributed by atoms with E-state index in [1.54, 1.807) is 27.2 Å². The summed E-state index contributed by atoms with van der Waals surface area (Å²) in [6.45, 7) is 3.59. The van der Waals surface area contributed by atoms with Crippen LogP contribution in [0.4, 0.5) is 5.69 Å². The lowest BCUT2D eigenvalue weighted by Crippen LogP contribution is -2.39. The Morgan fingerprint density at radius 3 is 2.58 bits per heavy atom. The SMILES string of the molecule is COc1cc2c(c(OC)c1OC)-c1ccc(N[C@@H](C)C(=O)NCCCc3nnc4ccccn34)c(=O)cc1[C@@H](NC(C)=O)CC2. The highest BCUT2D eigenvalue weighted by Gasteiger charge is 2.29. The molecule has 2 aromatic carbocycles. The molecule has 0 radical (unpaired) electrons. The predicted molar refractivity (Wildman–Crippen MR) is 170 cm³/mol. The summed E-state index contributed by atoms with van der Waals surface area (Å²) in [6, 6.07) is 11.5. The van der Waals surface area contributed by atoms with Crippen molar-refractivity contribution in [1.82, 2.24) is 25.2 Å². The maximum absolute atomic E-state index is 13.6. The number of benzene rings is 1. The van der Waals surface area contributed by atoms with Crippen molar-refractivity contribution in [1.29, 1.82) is 0 Å². The van der Waals surface area contributed by atoms with Crippen LogP contribution in [0.3, 0.4) is 0 Å². The molecule has 2 atom stereocenters. The van der Waals surface area contributed by atoms with Crippen LogP contribution in [0, 0.1) is 0 Å². The Morgan fingerprint density at radius 2 is 1.84 bits per heavy atom. The van der Waals surface area contributed by atoms with Gasteiger partial charge >= 0.3 is 0 Å². The smallest absolute Gasteiger partial charge is 0.242 e. The maximum Gasteiger partial charge on any atom is 0.242 e. The number of amides is 2. The van der Waals surface area contributed by atoms with Crippen molar-refractivity contribution in [2.75, 3.05) is 33.2 Å². The summed E-state index contributed by atoms with van der Waals surface area (Å²) in [5, 5.41) is 17.4. The molecule has 1 aliphatic carbocycles. The highest BCUT2D eigenvalue weighted by molar-refractivity contribution is 5.85. The third-order valence-corrected chi connectivity index (χ3v) is 7.94. The van der Waals surface area contributed by atoms with E-state index in [4.69, 9.17) is 14.2 Å². The van der Waals surface area contributed by atoms with Crippen LogP contribution in [0.25, 0.3) is 16.8 Å². The molecular formula is C33H38N6O6. The van der Waals surface area contributed by atoms with Crippen LogP contribution in [0.1, 0.15) is 49.7 Å². The first-order chi connectivity index (χ1) is 21.7. The monoisotopic (exact) mass is 614 g/mol. The van der Waals surface area contributed by atoms with Crippen molar-refractivity contribution in [3.05, 3.63) is 75.8 Å². The molecule has 0 bridgehead atoms. The zero-order valence-corrected chi connectivity index (χ0v) is 26.1. The molecule has 2 amide bonds. The second-order valence-corrected chi connectivity index (χ2v) is 10.9. The lowest BCUT2D eigenvalue weighted by molar-refractivity contribution is -0.121. The van der Waals surface area contributed by atoms with Gasteiger partial charge in [0.1, 0.15) is 11.9 Å². The molecule has 0 fully saturated rings. The average Bonchev–Trinajstić information content (AvgIpc) is 3.31. The van der Waals surface area contributed by atoms with Gasteiger partial charge in [0, 0.05) is 31.6 Å². The van der Waals surface area contributed by atoms with Crippen LogP contribution in [0.15, 0.2) is 53.5 Å². The van der Waals surface area contributed by atoms with Crippen LogP contribution in [0.2, 0.25) is 0 Å². The minimum atomic E-state index is -0.689. The second-order valence-electron chi connectivity index (χ2n) is 10.9. The number of carbonyl (C=O) groups excluding carboxylic acids is 2. The molecule has 0 unspecified atom stereocenters. The first-order valence-electron chi connectivity index (χ1n) is 14.9. The van der Waals surface area contributed by atoms with Gasteiger partial charge in [0.15, 0.2) is 17.1 Å². The topological polar surface area (TPSA) is 145 Å². The van der Waals surface area contributed by atoms with Crippen molar-refractivity contribution in [3.8, 4) is 28.4 Å². The molecule has 5 rings (SSSR count). The molecule has 0 aliphatic heterocycles. The zero-order chi connectivity index (χ0) is 32.1. The van der Waals surface area contributed by atoms with E-state index in [0.29, 0.717) is 60.6 Å². The summed E-state index contributed by atoms with van der Waals surface area (Å²) in [5.74, 6) is 1.79. The Hall–Kier alpha value is -5.13. The quantitative estimate of drug-likeness (QED) is 0.216. The number of rotatable bonds is 11. The molecule has 2 aromatic heterocycles. The Kier molecular flexibility index (Phi) is 9.50. The summed E-state index contributed by atoms with van der Waals surface area (Å²) < 4.78 is 19.0. The number of anilines is 1. The minimum absolute atomic E-state index is 0.209. The molecular weight excluding hydrogens is 576 g/mol. The molecule has 1 aliphatic rings. The van der Waals surface area contributed by atoms with Crippen LogP contribution in [-0.2, 0) is 22.4 Å². The Morgan fingerprint density at radius 1 is 1.04 bits per heavy atom. The van der Waals surface area contributed by atoms with E-state index >= 15 is 0 Å². The number of nitrogens with zero attached hydrogens (tertiary/aromatic N) is 3. The van der Waals surface area contributed by atoms with E-state index < -0.39 is 12.1 Å². The normalized spacial score (nSPS) is 14.4. The van der Waals surface area contributed by atoms with Crippen molar-refractivity contribution in [2.45, 2.75) is 51.6 Å². The summed E-state index contributed by atoms with van der Waals surface area (Å²) in [7, 11) is 4.65. The highest BCUT2D eigenvalue weighted by Crippen LogP contribution is 2.50. The highest BCUT2D eigenvalue weighted by atomic mass is 16.5. The molecule has 3 N–H and O–H groups in total. The number of fused-ring (bicyclic) bond motifs is 4. The Bertz CT molecular complexity index is 1790. The fourth-order valence-corrected chi connectivity index (χ4v) is 5.80. The maximum atomic E-state index is 13.6. The summed E-state index contributed by atoms with van der Waals surface area (Å²) in [5.41, 5.74) is 3.76. The van der Waals surface area contributed by atoms with Gasteiger partial charge in [-0.3, -0.25) is 18.8 Å². The molecule has 0 spiro atoms. The number of aromatic nitrogens is 3. The molecule has 45 heavy (non-hydrogen) atoms. The van der Waals surface area contributed by atoms with E-state index in [0.717, 1.165) is 22.6 Å². The van der Waals surface area contributed by atoms with E-state index in [-0.39, 0.29) is 22.9 Å². The first kappa shape index (κ1) is 31.3. The van der Waals surface area contributed by atoms with Crippen molar-refractivity contribution in [2.24, 2.45) is 0 Å². The molecule has 12 nitrogen and oxygen atoms in total. The number of hydrogen-bond donors (Lipinski definition) is 3. The largest absolute Gasteiger partial charge is 0.493 e. The molecule has 0 saturated heterocycles. The minimum Gasteiger partial charge on any atom is -0.493 e. The van der Waals surface area contributed by atoms with Gasteiger partial charge in [-0.15, -0.1) is 10.2 Å². The zero-order valence-electron chi connectivity index (χ0n) is 26.1. The average molecular weight is 615 g/mol. The van der Waals surface area contributed by atoms with E-state index in [1.807, 2.05) is 40.9 Å². The van der Waals surface area contributed by atoms with Gasteiger partial charge in [-0.05, 0) is 73.2 Å². The van der Waals surface area contributed by atoms with Gasteiger partial charge in [-0.1, -0.05) is 12.1 Å². The third-order valence-electron chi connectivity index (χ3n) is 7.94. The molecule has 0 saturated carbocycles. The summed E-state index contributed by atoms with van der Waals surface area (Å²) in [4.78, 5) is 38.7. The van der Waals surface area contributed by atoms with Crippen LogP contribution >= 0.6 is 0 Å². The Labute approximate surface area is 261 Å². The fourth-order valence-electron chi connectivity index (χ4n) is 5.80. The van der Waals surface area contributed by atoms with Gasteiger partial charge < -0.3 is 30.2 Å². The summed E-state index contributed by atoms with van der Waals surface area (Å²) >= 11 is 0. The van der Waals surface area contributed by atoms with Crippen LogP contribution in [-0.4, -0.2) is 60.3 Å². The molecule has 236 valence electrons. The number of nitrogens with one attached hydrogen (secondary N) is 3. The lowest BCUT2D eigenvalue weighted by Gasteiger charge is -2.19. The third kappa shape index (κ3) is 6.54. The van der Waals surface area contributed by atoms with Crippen LogP contribution in [0.5, 0.6) is 17.2 Å². The standard InChI is InChI=1S/C33H38N6O6/c1-19(33(42)34-15-8-10-29-38-37-28-9-6-7-16-39(28)29)35-25-14-12-22-23(18-26(25)41)24(36-20(2)40)13-11-21-17-27(43-3)31(44-4)32(45-5)30(21)22/h6-7,9,12,14,16-19,24H,8,10-11,13,15H2,1-5H3,(H,34,42)(H,35,41)(H,36,40)/t19-,24-/m0/s1. The van der Waals surface area contributed by atoms with E-state index in [2.05, 4.69) is 26.1 Å². The number of carbonyl (C=O) groups is 2. The van der Waals surface area contributed by atoms with Crippen molar-refractivity contribution >= 4 is 23.1 Å². The van der Waals surface area contributed by atoms with E-state index in [9.17, 15) is 14.4 Å².